The highest BCUT2D eigenvalue weighted by molar-refractivity contribution is 7.80. The molecule has 0 N–H and O–H groups in total. The SMILES string of the molecule is C=CCOC(C=O)N1C(=O)[C@H]([C@@H](C)O[Si](C)(C)C)[C@H]1[C@@H](C)C(=S)c1ccccc1. The number of likely N-dealkylation sites (tertiary alicyclic amines) is 1. The minimum Gasteiger partial charge on any atom is -0.414 e. The molecule has 1 aromatic rings. The van der Waals surface area contributed by atoms with Gasteiger partial charge in [-0.1, -0.05) is 55.5 Å². The number of rotatable bonds is 11. The fourth-order valence-corrected chi connectivity index (χ4v) is 5.42. The highest BCUT2D eigenvalue weighted by Crippen LogP contribution is 2.39. The fraction of sp³-hybridized carbons (Fsp3) is 0.500. The van der Waals surface area contributed by atoms with Gasteiger partial charge in [0.25, 0.3) is 0 Å². The van der Waals surface area contributed by atoms with Gasteiger partial charge < -0.3 is 14.1 Å². The van der Waals surface area contributed by atoms with E-state index in [2.05, 4.69) is 26.2 Å². The van der Waals surface area contributed by atoms with Crippen molar-refractivity contribution in [2.24, 2.45) is 11.8 Å². The van der Waals surface area contributed by atoms with Crippen LogP contribution >= 0.6 is 12.2 Å². The van der Waals surface area contributed by atoms with Gasteiger partial charge in [0.1, 0.15) is 0 Å². The Morgan fingerprint density at radius 2 is 1.90 bits per heavy atom. The summed E-state index contributed by atoms with van der Waals surface area (Å²) in [5.41, 5.74) is 0.946. The van der Waals surface area contributed by atoms with Crippen LogP contribution in [0.4, 0.5) is 0 Å². The zero-order chi connectivity index (χ0) is 21.8. The zero-order valence-electron chi connectivity index (χ0n) is 17.8. The van der Waals surface area contributed by atoms with Crippen molar-refractivity contribution in [2.75, 3.05) is 6.61 Å². The Labute approximate surface area is 180 Å². The minimum atomic E-state index is -1.85. The van der Waals surface area contributed by atoms with Crippen LogP contribution in [0.25, 0.3) is 0 Å². The van der Waals surface area contributed by atoms with Crippen LogP contribution < -0.4 is 0 Å². The number of ether oxygens (including phenoxy) is 1. The van der Waals surface area contributed by atoms with E-state index in [4.69, 9.17) is 21.4 Å². The summed E-state index contributed by atoms with van der Waals surface area (Å²) in [6.07, 6.45) is 1.000. The molecule has 1 saturated heterocycles. The molecule has 5 atom stereocenters. The van der Waals surface area contributed by atoms with Crippen LogP contribution in [0, 0.1) is 11.8 Å². The van der Waals surface area contributed by atoms with Crippen molar-refractivity contribution >= 4 is 37.6 Å². The van der Waals surface area contributed by atoms with Gasteiger partial charge >= 0.3 is 0 Å². The second-order valence-electron chi connectivity index (χ2n) is 8.36. The van der Waals surface area contributed by atoms with Crippen LogP contribution in [0.3, 0.4) is 0 Å². The maximum atomic E-state index is 13.1. The summed E-state index contributed by atoms with van der Waals surface area (Å²) in [5, 5.41) is 0. The quantitative estimate of drug-likeness (QED) is 0.133. The standard InChI is InChI=1S/C22H31NO4SSi/c1-7-13-26-18(14-24)23-20(15(2)21(28)17-11-9-8-10-12-17)19(22(23)25)16(3)27-29(4,5)6/h7-12,14-16,18-20H,1,13H2,2-6H3/t15-,16-,18?,19-,20-/m1/s1. The number of amides is 1. The van der Waals surface area contributed by atoms with E-state index >= 15 is 0 Å². The smallest absolute Gasteiger partial charge is 0.233 e. The highest BCUT2D eigenvalue weighted by atomic mass is 32.1. The first-order valence-electron chi connectivity index (χ1n) is 9.89. The van der Waals surface area contributed by atoms with Gasteiger partial charge in [-0.3, -0.25) is 9.59 Å². The molecule has 29 heavy (non-hydrogen) atoms. The molecule has 0 spiro atoms. The lowest BCUT2D eigenvalue weighted by atomic mass is 9.74. The third-order valence-electron chi connectivity index (χ3n) is 5.03. The molecule has 7 heteroatoms. The molecular formula is C22H31NO4SSi. The molecule has 5 nitrogen and oxygen atoms in total. The number of carbonyl (C=O) groups is 2. The Bertz CT molecular complexity index is 749. The molecule has 1 aliphatic rings. The molecule has 1 fully saturated rings. The summed E-state index contributed by atoms with van der Waals surface area (Å²) in [6.45, 7) is 14.0. The Balaban J connectivity index is 2.34. The van der Waals surface area contributed by atoms with Gasteiger partial charge in [-0.15, -0.1) is 6.58 Å². The molecule has 0 aromatic heterocycles. The third kappa shape index (κ3) is 5.48. The predicted molar refractivity (Wildman–Crippen MR) is 121 cm³/mol. The van der Waals surface area contributed by atoms with E-state index in [1.165, 1.54) is 4.90 Å². The monoisotopic (exact) mass is 433 g/mol. The van der Waals surface area contributed by atoms with Crippen molar-refractivity contribution in [3.05, 3.63) is 48.6 Å². The predicted octanol–water partition coefficient (Wildman–Crippen LogP) is 3.84. The molecule has 2 rings (SSSR count). The number of β-lactam (4-membered cyclic amide) rings is 1. The summed E-state index contributed by atoms with van der Waals surface area (Å²) < 4.78 is 11.8. The third-order valence-corrected chi connectivity index (χ3v) is 6.72. The van der Waals surface area contributed by atoms with Crippen LogP contribution in [0.15, 0.2) is 43.0 Å². The van der Waals surface area contributed by atoms with E-state index in [9.17, 15) is 9.59 Å². The van der Waals surface area contributed by atoms with E-state index in [1.54, 1.807) is 6.08 Å². The van der Waals surface area contributed by atoms with E-state index in [1.807, 2.05) is 44.2 Å². The fourth-order valence-electron chi connectivity index (χ4n) is 3.88. The molecule has 1 aromatic carbocycles. The second kappa shape index (κ2) is 9.89. The van der Waals surface area contributed by atoms with Gasteiger partial charge in [0.2, 0.25) is 5.91 Å². The van der Waals surface area contributed by atoms with Crippen molar-refractivity contribution in [1.29, 1.82) is 0 Å². The van der Waals surface area contributed by atoms with Gasteiger partial charge in [-0.2, -0.15) is 0 Å². The summed E-state index contributed by atoms with van der Waals surface area (Å²) in [7, 11) is -1.85. The Kier molecular flexibility index (Phi) is 8.05. The topological polar surface area (TPSA) is 55.8 Å². The van der Waals surface area contributed by atoms with Gasteiger partial charge in [0.05, 0.1) is 24.7 Å². The molecule has 1 amide bonds. The first-order valence-corrected chi connectivity index (χ1v) is 13.7. The van der Waals surface area contributed by atoms with Crippen molar-refractivity contribution in [2.45, 2.75) is 51.9 Å². The van der Waals surface area contributed by atoms with Gasteiger partial charge in [0.15, 0.2) is 20.8 Å². The average Bonchev–Trinajstić information content (AvgIpc) is 2.66. The summed E-state index contributed by atoms with van der Waals surface area (Å²) in [5.74, 6) is -0.643. The van der Waals surface area contributed by atoms with E-state index in [-0.39, 0.29) is 36.5 Å². The normalized spacial score (nSPS) is 22.4. The van der Waals surface area contributed by atoms with Crippen molar-refractivity contribution in [3.8, 4) is 0 Å². The second-order valence-corrected chi connectivity index (χ2v) is 13.3. The summed E-state index contributed by atoms with van der Waals surface area (Å²) >= 11 is 5.76. The summed E-state index contributed by atoms with van der Waals surface area (Å²) in [6, 6.07) is 9.47. The molecule has 0 aliphatic carbocycles. The lowest BCUT2D eigenvalue weighted by Crippen LogP contribution is -2.71. The van der Waals surface area contributed by atoms with Crippen LogP contribution in [-0.2, 0) is 18.8 Å². The lowest BCUT2D eigenvalue weighted by Gasteiger charge is -2.54. The van der Waals surface area contributed by atoms with E-state index in [0.717, 1.165) is 10.4 Å². The number of benzene rings is 1. The first-order chi connectivity index (χ1) is 13.6. The number of hydrogen-bond donors (Lipinski definition) is 0. The summed E-state index contributed by atoms with van der Waals surface area (Å²) in [4.78, 5) is 27.0. The number of aldehydes is 1. The van der Waals surface area contributed by atoms with Crippen LogP contribution in [0.5, 0.6) is 0 Å². The van der Waals surface area contributed by atoms with Crippen molar-refractivity contribution in [3.63, 3.8) is 0 Å². The Hall–Kier alpha value is -1.67. The lowest BCUT2D eigenvalue weighted by molar-refractivity contribution is -0.190. The van der Waals surface area contributed by atoms with Crippen LogP contribution in [0.1, 0.15) is 19.4 Å². The molecule has 158 valence electrons. The van der Waals surface area contributed by atoms with Crippen molar-refractivity contribution < 1.29 is 18.8 Å². The number of hydrogen-bond acceptors (Lipinski definition) is 5. The Morgan fingerprint density at radius 3 is 2.41 bits per heavy atom. The molecule has 1 heterocycles. The molecule has 1 aliphatic heterocycles. The largest absolute Gasteiger partial charge is 0.414 e. The molecule has 0 bridgehead atoms. The molecule has 0 radical (unpaired) electrons. The van der Waals surface area contributed by atoms with Gasteiger partial charge in [0, 0.05) is 10.8 Å². The zero-order valence-corrected chi connectivity index (χ0v) is 19.6. The molecular weight excluding hydrogens is 402 g/mol. The highest BCUT2D eigenvalue weighted by Gasteiger charge is 2.56. The van der Waals surface area contributed by atoms with Gasteiger partial charge in [-0.25, -0.2) is 0 Å². The van der Waals surface area contributed by atoms with E-state index < -0.39 is 14.5 Å². The Morgan fingerprint density at radius 1 is 1.28 bits per heavy atom. The number of thiocarbonyl (C=S) groups is 1. The van der Waals surface area contributed by atoms with E-state index in [0.29, 0.717) is 6.29 Å². The van der Waals surface area contributed by atoms with Crippen molar-refractivity contribution in [1.82, 2.24) is 4.90 Å². The first kappa shape index (κ1) is 23.6. The van der Waals surface area contributed by atoms with Crippen LogP contribution in [0.2, 0.25) is 19.6 Å². The molecule has 1 unspecified atom stereocenters. The maximum absolute atomic E-state index is 13.1. The molecule has 0 saturated carbocycles. The maximum Gasteiger partial charge on any atom is 0.233 e. The van der Waals surface area contributed by atoms with Crippen LogP contribution in [-0.4, -0.2) is 55.3 Å². The van der Waals surface area contributed by atoms with Gasteiger partial charge in [-0.05, 0) is 32.1 Å². The minimum absolute atomic E-state index is 0.135. The number of nitrogens with zero attached hydrogens (tertiary/aromatic N) is 1. The average molecular weight is 434 g/mol. The number of carbonyl (C=O) groups excluding carboxylic acids is 2.